The van der Waals surface area contributed by atoms with E-state index >= 15 is 0 Å². The molecule has 0 amide bonds. The summed E-state index contributed by atoms with van der Waals surface area (Å²) in [6.07, 6.45) is 1.01. The van der Waals surface area contributed by atoms with E-state index in [9.17, 15) is 0 Å². The molecule has 3 rings (SSSR count). The molecule has 3 aromatic rings. The van der Waals surface area contributed by atoms with Crippen molar-refractivity contribution >= 4 is 11.4 Å². The van der Waals surface area contributed by atoms with E-state index in [2.05, 4.69) is 96.2 Å². The van der Waals surface area contributed by atoms with Crippen LogP contribution in [0.3, 0.4) is 0 Å². The summed E-state index contributed by atoms with van der Waals surface area (Å²) < 4.78 is 0. The highest BCUT2D eigenvalue weighted by molar-refractivity contribution is 5.61. The van der Waals surface area contributed by atoms with Gasteiger partial charge in [0.1, 0.15) is 0 Å². The van der Waals surface area contributed by atoms with Crippen LogP contribution in [-0.2, 0) is 0 Å². The first-order valence-electron chi connectivity index (χ1n) is 8.10. The average Bonchev–Trinajstić information content (AvgIpc) is 2.65. The lowest BCUT2D eigenvalue weighted by atomic mass is 10.1. The van der Waals surface area contributed by atoms with Crippen LogP contribution < -0.4 is 10.4 Å². The van der Waals surface area contributed by atoms with Gasteiger partial charge in [-0.2, -0.15) is 0 Å². The van der Waals surface area contributed by atoms with Gasteiger partial charge in [-0.15, -0.1) is 0 Å². The van der Waals surface area contributed by atoms with Crippen molar-refractivity contribution in [1.29, 1.82) is 0 Å². The van der Waals surface area contributed by atoms with Crippen LogP contribution in [0.5, 0.6) is 0 Å². The molecule has 0 aliphatic carbocycles. The summed E-state index contributed by atoms with van der Waals surface area (Å²) in [7, 11) is 0. The molecule has 0 fully saturated rings. The Morgan fingerprint density at radius 1 is 0.696 bits per heavy atom. The molecule has 1 N–H and O–H groups in total. The zero-order chi connectivity index (χ0) is 15.9. The van der Waals surface area contributed by atoms with E-state index in [4.69, 9.17) is 0 Å². The Morgan fingerprint density at radius 2 is 1.13 bits per heavy atom. The molecule has 0 bridgehead atoms. The number of nitrogens with zero attached hydrogens (tertiary/aromatic N) is 1. The molecule has 0 aliphatic heterocycles. The summed E-state index contributed by atoms with van der Waals surface area (Å²) in [5.41, 5.74) is 7.25. The lowest BCUT2D eigenvalue weighted by Crippen LogP contribution is -2.36. The number of anilines is 2. The number of benzene rings is 3. The molecule has 1 unspecified atom stereocenters. The summed E-state index contributed by atoms with van der Waals surface area (Å²) in [5, 5.41) is 2.17. The maximum absolute atomic E-state index is 3.69. The maximum atomic E-state index is 3.69. The first-order valence-corrected chi connectivity index (χ1v) is 8.10. The van der Waals surface area contributed by atoms with Crippen LogP contribution in [-0.4, -0.2) is 0 Å². The van der Waals surface area contributed by atoms with Crippen LogP contribution in [0, 0.1) is 0 Å². The van der Waals surface area contributed by atoms with Gasteiger partial charge in [0.25, 0.3) is 0 Å². The second kappa shape index (κ2) is 7.61. The SMILES string of the molecule is CCC(NN(c1ccccc1)c1ccccc1)c1ccccc1. The van der Waals surface area contributed by atoms with E-state index in [1.165, 1.54) is 5.56 Å². The van der Waals surface area contributed by atoms with E-state index in [0.29, 0.717) is 0 Å². The fraction of sp³-hybridized carbons (Fsp3) is 0.143. The molecular weight excluding hydrogens is 280 g/mol. The molecule has 0 aliphatic rings. The maximum Gasteiger partial charge on any atom is 0.0578 e. The topological polar surface area (TPSA) is 15.3 Å². The highest BCUT2D eigenvalue weighted by Gasteiger charge is 2.15. The van der Waals surface area contributed by atoms with Gasteiger partial charge in [-0.3, -0.25) is 5.01 Å². The predicted molar refractivity (Wildman–Crippen MR) is 97.6 cm³/mol. The third kappa shape index (κ3) is 3.79. The summed E-state index contributed by atoms with van der Waals surface area (Å²) in [5.74, 6) is 0. The van der Waals surface area contributed by atoms with Crippen molar-refractivity contribution in [3.8, 4) is 0 Å². The lowest BCUT2D eigenvalue weighted by molar-refractivity contribution is 0.528. The highest BCUT2D eigenvalue weighted by Crippen LogP contribution is 2.26. The molecule has 23 heavy (non-hydrogen) atoms. The van der Waals surface area contributed by atoms with Gasteiger partial charge in [0.05, 0.1) is 17.4 Å². The normalized spacial score (nSPS) is 11.9. The zero-order valence-electron chi connectivity index (χ0n) is 13.4. The monoisotopic (exact) mass is 302 g/mol. The zero-order valence-corrected chi connectivity index (χ0v) is 13.4. The quantitative estimate of drug-likeness (QED) is 0.606. The number of para-hydroxylation sites is 2. The molecule has 2 nitrogen and oxygen atoms in total. The van der Waals surface area contributed by atoms with Crippen LogP contribution in [0.25, 0.3) is 0 Å². The average molecular weight is 302 g/mol. The Morgan fingerprint density at radius 3 is 1.57 bits per heavy atom. The summed E-state index contributed by atoms with van der Waals surface area (Å²) in [6, 6.07) is 31.7. The first-order chi connectivity index (χ1) is 11.4. The summed E-state index contributed by atoms with van der Waals surface area (Å²) in [6.45, 7) is 2.21. The largest absolute Gasteiger partial charge is 0.276 e. The Labute approximate surface area is 138 Å². The molecule has 0 radical (unpaired) electrons. The van der Waals surface area contributed by atoms with Gasteiger partial charge in [0.2, 0.25) is 0 Å². The standard InChI is InChI=1S/C21H22N2/c1-2-21(18-12-6-3-7-13-18)22-23(19-14-8-4-9-15-19)20-16-10-5-11-17-20/h3-17,21-22H,2H2,1H3. The minimum Gasteiger partial charge on any atom is -0.276 e. The first kappa shape index (κ1) is 15.3. The van der Waals surface area contributed by atoms with E-state index < -0.39 is 0 Å². The fourth-order valence-corrected chi connectivity index (χ4v) is 2.69. The van der Waals surface area contributed by atoms with Crippen LogP contribution in [0.2, 0.25) is 0 Å². The van der Waals surface area contributed by atoms with Crippen LogP contribution in [0.15, 0.2) is 91.0 Å². The third-order valence-corrected chi connectivity index (χ3v) is 3.92. The Kier molecular flexibility index (Phi) is 5.07. The molecule has 116 valence electrons. The fourth-order valence-electron chi connectivity index (χ4n) is 2.69. The van der Waals surface area contributed by atoms with Crippen molar-refractivity contribution < 1.29 is 0 Å². The highest BCUT2D eigenvalue weighted by atomic mass is 15.5. The van der Waals surface area contributed by atoms with Crippen LogP contribution in [0.1, 0.15) is 24.9 Å². The molecule has 0 heterocycles. The van der Waals surface area contributed by atoms with Crippen molar-refractivity contribution in [3.05, 3.63) is 96.6 Å². The van der Waals surface area contributed by atoms with Crippen molar-refractivity contribution in [3.63, 3.8) is 0 Å². The van der Waals surface area contributed by atoms with E-state index in [1.807, 2.05) is 12.1 Å². The van der Waals surface area contributed by atoms with Crippen molar-refractivity contribution in [2.24, 2.45) is 0 Å². The van der Waals surface area contributed by atoms with Gasteiger partial charge in [0.15, 0.2) is 0 Å². The third-order valence-electron chi connectivity index (χ3n) is 3.92. The number of nitrogens with one attached hydrogen (secondary N) is 1. The van der Waals surface area contributed by atoms with Crippen LogP contribution >= 0.6 is 0 Å². The van der Waals surface area contributed by atoms with Gasteiger partial charge < -0.3 is 0 Å². The predicted octanol–water partition coefficient (Wildman–Crippen LogP) is 5.48. The number of hydrogen-bond donors (Lipinski definition) is 1. The van der Waals surface area contributed by atoms with Gasteiger partial charge in [-0.25, -0.2) is 5.43 Å². The molecule has 1 atom stereocenters. The van der Waals surface area contributed by atoms with E-state index in [1.54, 1.807) is 0 Å². The Hall–Kier alpha value is -2.58. The van der Waals surface area contributed by atoms with Gasteiger partial charge in [-0.05, 0) is 36.2 Å². The van der Waals surface area contributed by atoms with Crippen LogP contribution in [0.4, 0.5) is 11.4 Å². The summed E-state index contributed by atoms with van der Waals surface area (Å²) >= 11 is 0. The molecule has 0 aromatic heterocycles. The van der Waals surface area contributed by atoms with E-state index in [0.717, 1.165) is 17.8 Å². The lowest BCUT2D eigenvalue weighted by Gasteiger charge is -2.30. The van der Waals surface area contributed by atoms with Gasteiger partial charge >= 0.3 is 0 Å². The van der Waals surface area contributed by atoms with Crippen molar-refractivity contribution in [2.45, 2.75) is 19.4 Å². The second-order valence-electron chi connectivity index (χ2n) is 5.51. The molecule has 2 heteroatoms. The summed E-state index contributed by atoms with van der Waals surface area (Å²) in [4.78, 5) is 0. The van der Waals surface area contributed by atoms with Gasteiger partial charge in [-0.1, -0.05) is 73.7 Å². The number of hydrogen-bond acceptors (Lipinski definition) is 2. The van der Waals surface area contributed by atoms with Crippen molar-refractivity contribution in [1.82, 2.24) is 5.43 Å². The molecule has 3 aromatic carbocycles. The Balaban J connectivity index is 1.93. The van der Waals surface area contributed by atoms with E-state index in [-0.39, 0.29) is 6.04 Å². The molecule has 0 saturated carbocycles. The minimum atomic E-state index is 0.261. The molecule has 0 spiro atoms. The minimum absolute atomic E-state index is 0.261. The second-order valence-corrected chi connectivity index (χ2v) is 5.51. The van der Waals surface area contributed by atoms with Gasteiger partial charge in [0, 0.05) is 0 Å². The number of hydrazine groups is 1. The molecule has 0 saturated heterocycles. The number of rotatable bonds is 6. The van der Waals surface area contributed by atoms with Crippen molar-refractivity contribution in [2.75, 3.05) is 5.01 Å². The molecular formula is C21H22N2. The Bertz CT molecular complexity index is 656. The smallest absolute Gasteiger partial charge is 0.0578 e.